The summed E-state index contributed by atoms with van der Waals surface area (Å²) in [4.78, 5) is 29.8. The number of carbonyl (C=O) groups excluding carboxylic acids is 1. The Hall–Kier alpha value is -5.23. The first kappa shape index (κ1) is 25.1. The first-order chi connectivity index (χ1) is 19.5. The van der Waals surface area contributed by atoms with Gasteiger partial charge in [-0.2, -0.15) is 0 Å². The molecule has 0 bridgehead atoms. The van der Waals surface area contributed by atoms with Gasteiger partial charge in [-0.1, -0.05) is 84.9 Å². The van der Waals surface area contributed by atoms with E-state index in [0.29, 0.717) is 17.8 Å². The summed E-state index contributed by atoms with van der Waals surface area (Å²) >= 11 is 0. The van der Waals surface area contributed by atoms with Gasteiger partial charge in [0.25, 0.3) is 5.91 Å². The van der Waals surface area contributed by atoms with Crippen molar-refractivity contribution in [1.82, 2.24) is 14.7 Å². The van der Waals surface area contributed by atoms with Crippen molar-refractivity contribution in [2.24, 2.45) is 0 Å². The lowest BCUT2D eigenvalue weighted by Gasteiger charge is -2.17. The molecule has 2 N–H and O–H groups in total. The third kappa shape index (κ3) is 4.95. The van der Waals surface area contributed by atoms with E-state index in [4.69, 9.17) is 4.98 Å². The lowest BCUT2D eigenvalue weighted by molar-refractivity contribution is 0.0696. The van der Waals surface area contributed by atoms with Gasteiger partial charge in [0.05, 0.1) is 11.6 Å². The minimum Gasteiger partial charge on any atom is -0.478 e. The zero-order valence-corrected chi connectivity index (χ0v) is 21.9. The number of rotatable bonds is 7. The molecule has 2 aromatic heterocycles. The lowest BCUT2D eigenvalue weighted by Crippen LogP contribution is -2.28. The standard InChI is InChI=1S/C34H27N3O3/c1-22(24-13-15-27(16-14-24)34(39)40)36-33(38)31-19-29(25-7-3-2-4-8-25)20-32-35-21-30(37(31)32)18-23-11-12-26-9-5-6-10-28(26)17-23/h2-17,19-22H,18H2,1H3,(H,36,38)(H,39,40)/t22-/m0/s1. The second-order valence-electron chi connectivity index (χ2n) is 9.92. The van der Waals surface area contributed by atoms with Gasteiger partial charge in [0, 0.05) is 18.3 Å². The number of aromatic carboxylic acids is 1. The maximum Gasteiger partial charge on any atom is 0.335 e. The Kier molecular flexibility index (Phi) is 6.58. The summed E-state index contributed by atoms with van der Waals surface area (Å²) in [6.07, 6.45) is 2.45. The summed E-state index contributed by atoms with van der Waals surface area (Å²) in [5.41, 5.74) is 6.14. The zero-order chi connectivity index (χ0) is 27.6. The number of hydrogen-bond acceptors (Lipinski definition) is 3. The number of pyridine rings is 1. The van der Waals surface area contributed by atoms with Crippen LogP contribution in [0, 0.1) is 0 Å². The van der Waals surface area contributed by atoms with Gasteiger partial charge in [-0.25, -0.2) is 9.78 Å². The van der Waals surface area contributed by atoms with Gasteiger partial charge in [0.1, 0.15) is 11.3 Å². The number of imidazole rings is 1. The minimum absolute atomic E-state index is 0.205. The van der Waals surface area contributed by atoms with E-state index in [0.717, 1.165) is 27.9 Å². The molecule has 0 aliphatic rings. The number of hydrogen-bond donors (Lipinski definition) is 2. The van der Waals surface area contributed by atoms with Crippen LogP contribution in [0.25, 0.3) is 27.5 Å². The average molecular weight is 526 g/mol. The predicted molar refractivity (Wildman–Crippen MR) is 157 cm³/mol. The fraction of sp³-hybridized carbons (Fsp3) is 0.0882. The fourth-order valence-electron chi connectivity index (χ4n) is 5.09. The molecule has 0 unspecified atom stereocenters. The highest BCUT2D eigenvalue weighted by Crippen LogP contribution is 2.26. The molecule has 6 aromatic rings. The van der Waals surface area contributed by atoms with Crippen LogP contribution in [0.5, 0.6) is 0 Å². The predicted octanol–water partition coefficient (Wildman–Crippen LogP) is 6.93. The van der Waals surface area contributed by atoms with Gasteiger partial charge in [-0.15, -0.1) is 0 Å². The summed E-state index contributed by atoms with van der Waals surface area (Å²) in [7, 11) is 0. The van der Waals surface area contributed by atoms with Crippen molar-refractivity contribution < 1.29 is 14.7 Å². The van der Waals surface area contributed by atoms with Gasteiger partial charge in [0.15, 0.2) is 0 Å². The average Bonchev–Trinajstić information content (AvgIpc) is 3.39. The maximum absolute atomic E-state index is 13.8. The van der Waals surface area contributed by atoms with E-state index in [1.54, 1.807) is 24.3 Å². The highest BCUT2D eigenvalue weighted by atomic mass is 16.4. The van der Waals surface area contributed by atoms with Crippen LogP contribution >= 0.6 is 0 Å². The first-order valence-electron chi connectivity index (χ1n) is 13.1. The molecule has 6 nitrogen and oxygen atoms in total. The molecule has 6 heteroatoms. The quantitative estimate of drug-likeness (QED) is 0.237. The van der Waals surface area contributed by atoms with Crippen LogP contribution in [0.4, 0.5) is 0 Å². The molecule has 196 valence electrons. The summed E-state index contributed by atoms with van der Waals surface area (Å²) < 4.78 is 1.93. The summed E-state index contributed by atoms with van der Waals surface area (Å²) in [5.74, 6) is -1.22. The van der Waals surface area contributed by atoms with Crippen LogP contribution in [-0.2, 0) is 6.42 Å². The highest BCUT2D eigenvalue weighted by molar-refractivity contribution is 5.95. The number of amides is 1. The molecule has 0 spiro atoms. The largest absolute Gasteiger partial charge is 0.478 e. The lowest BCUT2D eigenvalue weighted by atomic mass is 10.0. The van der Waals surface area contributed by atoms with Crippen LogP contribution in [-0.4, -0.2) is 26.4 Å². The van der Waals surface area contributed by atoms with E-state index in [1.165, 1.54) is 10.8 Å². The van der Waals surface area contributed by atoms with E-state index in [1.807, 2.05) is 72.1 Å². The van der Waals surface area contributed by atoms with Gasteiger partial charge in [-0.05, 0) is 64.2 Å². The molecule has 1 amide bonds. The molecule has 4 aromatic carbocycles. The Morgan fingerprint density at radius 3 is 2.30 bits per heavy atom. The Labute approximate surface area is 231 Å². The zero-order valence-electron chi connectivity index (χ0n) is 21.9. The molecule has 0 saturated heterocycles. The SMILES string of the molecule is C[C@H](NC(=O)c1cc(-c2ccccc2)cc2ncc(Cc3ccc4ccccc4c3)n12)c1ccc(C(=O)O)cc1. The van der Waals surface area contributed by atoms with Crippen molar-refractivity contribution in [3.05, 3.63) is 143 Å². The first-order valence-corrected chi connectivity index (χ1v) is 13.1. The van der Waals surface area contributed by atoms with E-state index in [-0.39, 0.29) is 17.5 Å². The van der Waals surface area contributed by atoms with E-state index < -0.39 is 5.97 Å². The molecule has 0 saturated carbocycles. The minimum atomic E-state index is -0.984. The monoisotopic (exact) mass is 525 g/mol. The molecule has 0 aliphatic carbocycles. The Morgan fingerprint density at radius 1 is 0.825 bits per heavy atom. The number of carboxylic acids is 1. The van der Waals surface area contributed by atoms with Crippen molar-refractivity contribution in [3.8, 4) is 11.1 Å². The summed E-state index contributed by atoms with van der Waals surface area (Å²) in [6.45, 7) is 1.88. The van der Waals surface area contributed by atoms with Crippen molar-refractivity contribution in [2.45, 2.75) is 19.4 Å². The van der Waals surface area contributed by atoms with Crippen molar-refractivity contribution in [3.63, 3.8) is 0 Å². The normalized spacial score (nSPS) is 11.9. The summed E-state index contributed by atoms with van der Waals surface area (Å²) in [6, 6.07) is 34.7. The molecule has 0 radical (unpaired) electrons. The molecule has 2 heterocycles. The number of carboxylic acid groups (broad SMARTS) is 1. The number of nitrogens with zero attached hydrogens (tertiary/aromatic N) is 2. The van der Waals surface area contributed by atoms with Crippen LogP contribution in [0.1, 0.15) is 50.6 Å². The smallest absolute Gasteiger partial charge is 0.335 e. The third-order valence-corrected chi connectivity index (χ3v) is 7.22. The second-order valence-corrected chi connectivity index (χ2v) is 9.92. The number of fused-ring (bicyclic) bond motifs is 2. The Bertz CT molecular complexity index is 1860. The van der Waals surface area contributed by atoms with Gasteiger partial charge >= 0.3 is 5.97 Å². The molecule has 1 atom stereocenters. The highest BCUT2D eigenvalue weighted by Gasteiger charge is 2.19. The van der Waals surface area contributed by atoms with E-state index in [9.17, 15) is 14.7 Å². The molecule has 0 fully saturated rings. The maximum atomic E-state index is 13.8. The third-order valence-electron chi connectivity index (χ3n) is 7.22. The molecule has 40 heavy (non-hydrogen) atoms. The van der Waals surface area contributed by atoms with Crippen molar-refractivity contribution >= 4 is 28.3 Å². The number of nitrogens with one attached hydrogen (secondary N) is 1. The molecular formula is C34H27N3O3. The second kappa shape index (κ2) is 10.5. The fourth-order valence-corrected chi connectivity index (χ4v) is 5.09. The van der Waals surface area contributed by atoms with Crippen LogP contribution in [0.2, 0.25) is 0 Å². The van der Waals surface area contributed by atoms with Gasteiger partial charge < -0.3 is 10.4 Å². The summed E-state index contributed by atoms with van der Waals surface area (Å²) in [5, 5.41) is 14.7. The Balaban J connectivity index is 1.39. The Morgan fingerprint density at radius 2 is 1.55 bits per heavy atom. The molecule has 0 aliphatic heterocycles. The number of aromatic nitrogens is 2. The van der Waals surface area contributed by atoms with E-state index >= 15 is 0 Å². The topological polar surface area (TPSA) is 83.7 Å². The van der Waals surface area contributed by atoms with Gasteiger partial charge in [0.2, 0.25) is 0 Å². The molecule has 6 rings (SSSR count). The van der Waals surface area contributed by atoms with Crippen LogP contribution in [0.3, 0.4) is 0 Å². The van der Waals surface area contributed by atoms with E-state index in [2.05, 4.69) is 35.6 Å². The van der Waals surface area contributed by atoms with Crippen molar-refractivity contribution in [1.29, 1.82) is 0 Å². The van der Waals surface area contributed by atoms with Gasteiger partial charge in [-0.3, -0.25) is 9.20 Å². The van der Waals surface area contributed by atoms with Crippen molar-refractivity contribution in [2.75, 3.05) is 0 Å². The van der Waals surface area contributed by atoms with Crippen LogP contribution in [0.15, 0.2) is 115 Å². The number of benzene rings is 4. The molecular weight excluding hydrogens is 498 g/mol. The number of carbonyl (C=O) groups is 2. The van der Waals surface area contributed by atoms with Crippen LogP contribution < -0.4 is 5.32 Å².